The Balaban J connectivity index is 1.88. The van der Waals surface area contributed by atoms with Crippen LogP contribution in [0.4, 0.5) is 0 Å². The van der Waals surface area contributed by atoms with E-state index in [9.17, 15) is 4.79 Å². The smallest absolute Gasteiger partial charge is 0.261 e. The van der Waals surface area contributed by atoms with Crippen LogP contribution in [0.2, 0.25) is 0 Å². The van der Waals surface area contributed by atoms with Crippen molar-refractivity contribution in [1.29, 1.82) is 0 Å². The molecule has 0 bridgehead atoms. The summed E-state index contributed by atoms with van der Waals surface area (Å²) in [4.78, 5) is 12.5. The van der Waals surface area contributed by atoms with Gasteiger partial charge in [-0.1, -0.05) is 6.07 Å². The zero-order valence-corrected chi connectivity index (χ0v) is 9.78. The van der Waals surface area contributed by atoms with Gasteiger partial charge in [0.05, 0.1) is 11.4 Å². The zero-order chi connectivity index (χ0) is 11.4. The minimum absolute atomic E-state index is 0.0188. The number of amides is 1. The summed E-state index contributed by atoms with van der Waals surface area (Å²) in [5, 5.41) is 8.92. The molecule has 0 saturated heterocycles. The van der Waals surface area contributed by atoms with Crippen LogP contribution in [0.5, 0.6) is 0 Å². The molecule has 1 N–H and O–H groups in total. The van der Waals surface area contributed by atoms with Crippen molar-refractivity contribution in [1.82, 2.24) is 15.1 Å². The Kier molecular flexibility index (Phi) is 3.36. The molecule has 1 atom stereocenters. The number of thiophene rings is 1. The molecule has 2 rings (SSSR count). The Morgan fingerprint density at radius 2 is 2.50 bits per heavy atom. The number of rotatable bonds is 4. The van der Waals surface area contributed by atoms with Gasteiger partial charge in [-0.3, -0.25) is 9.48 Å². The first-order valence-corrected chi connectivity index (χ1v) is 5.95. The number of nitrogens with one attached hydrogen (secondary N) is 1. The molecule has 84 valence electrons. The van der Waals surface area contributed by atoms with Gasteiger partial charge in [0.15, 0.2) is 0 Å². The third-order valence-electron chi connectivity index (χ3n) is 2.14. The second-order valence-corrected chi connectivity index (χ2v) is 4.53. The number of hydrogen-bond donors (Lipinski definition) is 1. The highest BCUT2D eigenvalue weighted by Crippen LogP contribution is 2.08. The van der Waals surface area contributed by atoms with Gasteiger partial charge in [0.25, 0.3) is 5.91 Å². The third kappa shape index (κ3) is 2.70. The van der Waals surface area contributed by atoms with E-state index in [0.717, 1.165) is 4.88 Å². The summed E-state index contributed by atoms with van der Waals surface area (Å²) in [7, 11) is 0. The molecule has 0 spiro atoms. The molecule has 2 aromatic rings. The first-order valence-electron chi connectivity index (χ1n) is 5.07. The fourth-order valence-electron chi connectivity index (χ4n) is 1.44. The molecule has 0 aromatic carbocycles. The minimum Gasteiger partial charge on any atom is -0.347 e. The molecule has 0 radical (unpaired) electrons. The highest BCUT2D eigenvalue weighted by atomic mass is 32.1. The van der Waals surface area contributed by atoms with Crippen LogP contribution in [-0.2, 0) is 6.54 Å². The van der Waals surface area contributed by atoms with Crippen molar-refractivity contribution in [2.75, 3.05) is 0 Å². The fraction of sp³-hybridized carbons (Fsp3) is 0.273. The van der Waals surface area contributed by atoms with Crippen molar-refractivity contribution in [3.05, 3.63) is 40.8 Å². The quantitative estimate of drug-likeness (QED) is 0.877. The Hall–Kier alpha value is -1.62. The SMILES string of the molecule is C[C@@H](Cn1cccn1)NC(=O)c1cccs1. The normalized spacial score (nSPS) is 12.3. The van der Waals surface area contributed by atoms with Crippen molar-refractivity contribution in [3.8, 4) is 0 Å². The van der Waals surface area contributed by atoms with Crippen molar-refractivity contribution < 1.29 is 4.79 Å². The van der Waals surface area contributed by atoms with Gasteiger partial charge in [0, 0.05) is 18.4 Å². The van der Waals surface area contributed by atoms with Gasteiger partial charge in [-0.2, -0.15) is 5.10 Å². The highest BCUT2D eigenvalue weighted by molar-refractivity contribution is 7.12. The van der Waals surface area contributed by atoms with Crippen LogP contribution in [0.25, 0.3) is 0 Å². The lowest BCUT2D eigenvalue weighted by Gasteiger charge is -2.13. The van der Waals surface area contributed by atoms with Gasteiger partial charge < -0.3 is 5.32 Å². The Morgan fingerprint density at radius 3 is 3.12 bits per heavy atom. The van der Waals surface area contributed by atoms with Gasteiger partial charge in [-0.15, -0.1) is 11.3 Å². The molecule has 0 fully saturated rings. The lowest BCUT2D eigenvalue weighted by molar-refractivity contribution is 0.0940. The van der Waals surface area contributed by atoms with E-state index in [0.29, 0.717) is 6.54 Å². The van der Waals surface area contributed by atoms with E-state index in [1.807, 2.05) is 36.7 Å². The minimum atomic E-state index is -0.0188. The van der Waals surface area contributed by atoms with E-state index in [1.165, 1.54) is 11.3 Å². The van der Waals surface area contributed by atoms with Crippen LogP contribution in [0.1, 0.15) is 16.6 Å². The molecule has 16 heavy (non-hydrogen) atoms. The van der Waals surface area contributed by atoms with Crippen LogP contribution < -0.4 is 5.32 Å². The average Bonchev–Trinajstić information content (AvgIpc) is 2.88. The number of nitrogens with zero attached hydrogens (tertiary/aromatic N) is 2. The van der Waals surface area contributed by atoms with Crippen LogP contribution in [0.15, 0.2) is 36.0 Å². The summed E-state index contributed by atoms with van der Waals surface area (Å²) in [5.41, 5.74) is 0. The maximum absolute atomic E-state index is 11.7. The molecule has 5 heteroatoms. The first-order chi connectivity index (χ1) is 7.75. The summed E-state index contributed by atoms with van der Waals surface area (Å²) in [6.45, 7) is 2.65. The van der Waals surface area contributed by atoms with Crippen molar-refractivity contribution in [3.63, 3.8) is 0 Å². The second kappa shape index (κ2) is 4.94. The highest BCUT2D eigenvalue weighted by Gasteiger charge is 2.10. The Labute approximate surface area is 97.9 Å². The maximum atomic E-state index is 11.7. The van der Waals surface area contributed by atoms with Crippen LogP contribution in [0.3, 0.4) is 0 Å². The number of aromatic nitrogens is 2. The lowest BCUT2D eigenvalue weighted by atomic mass is 10.3. The monoisotopic (exact) mass is 235 g/mol. The van der Waals surface area contributed by atoms with Crippen molar-refractivity contribution in [2.24, 2.45) is 0 Å². The predicted molar refractivity (Wildman–Crippen MR) is 63.5 cm³/mol. The first kappa shape index (κ1) is 10.9. The molecule has 0 saturated carbocycles. The second-order valence-electron chi connectivity index (χ2n) is 3.58. The summed E-state index contributed by atoms with van der Waals surface area (Å²) in [6, 6.07) is 5.63. The van der Waals surface area contributed by atoms with E-state index in [4.69, 9.17) is 0 Å². The molecule has 0 aliphatic carbocycles. The third-order valence-corrected chi connectivity index (χ3v) is 3.01. The number of carbonyl (C=O) groups is 1. The topological polar surface area (TPSA) is 46.9 Å². The number of carbonyl (C=O) groups excluding carboxylic acids is 1. The van der Waals surface area contributed by atoms with E-state index >= 15 is 0 Å². The zero-order valence-electron chi connectivity index (χ0n) is 8.96. The molecule has 0 aliphatic rings. The summed E-state index contributed by atoms with van der Waals surface area (Å²) in [6.07, 6.45) is 3.61. The molecule has 2 aromatic heterocycles. The lowest BCUT2D eigenvalue weighted by Crippen LogP contribution is -2.35. The van der Waals surface area contributed by atoms with E-state index in [1.54, 1.807) is 10.9 Å². The van der Waals surface area contributed by atoms with E-state index in [2.05, 4.69) is 10.4 Å². The van der Waals surface area contributed by atoms with Crippen LogP contribution >= 0.6 is 11.3 Å². The molecule has 1 amide bonds. The van der Waals surface area contributed by atoms with E-state index < -0.39 is 0 Å². The van der Waals surface area contributed by atoms with Gasteiger partial charge in [0.2, 0.25) is 0 Å². The maximum Gasteiger partial charge on any atom is 0.261 e. The molecule has 4 nitrogen and oxygen atoms in total. The van der Waals surface area contributed by atoms with Gasteiger partial charge in [-0.25, -0.2) is 0 Å². The van der Waals surface area contributed by atoms with Gasteiger partial charge in [0.1, 0.15) is 0 Å². The summed E-state index contributed by atoms with van der Waals surface area (Å²) < 4.78 is 1.80. The van der Waals surface area contributed by atoms with Gasteiger partial charge in [-0.05, 0) is 24.4 Å². The largest absolute Gasteiger partial charge is 0.347 e. The van der Waals surface area contributed by atoms with Crippen LogP contribution in [-0.4, -0.2) is 21.7 Å². The molecule has 2 heterocycles. The van der Waals surface area contributed by atoms with Crippen LogP contribution in [0, 0.1) is 0 Å². The molecule has 0 unspecified atom stereocenters. The van der Waals surface area contributed by atoms with E-state index in [-0.39, 0.29) is 11.9 Å². The number of hydrogen-bond acceptors (Lipinski definition) is 3. The summed E-state index contributed by atoms with van der Waals surface area (Å²) >= 11 is 1.45. The van der Waals surface area contributed by atoms with Gasteiger partial charge >= 0.3 is 0 Å². The van der Waals surface area contributed by atoms with Crippen molar-refractivity contribution in [2.45, 2.75) is 19.5 Å². The predicted octanol–water partition coefficient (Wildman–Crippen LogP) is 1.76. The Morgan fingerprint density at radius 1 is 1.62 bits per heavy atom. The average molecular weight is 235 g/mol. The van der Waals surface area contributed by atoms with Crippen molar-refractivity contribution >= 4 is 17.2 Å². The molecule has 0 aliphatic heterocycles. The molecular weight excluding hydrogens is 222 g/mol. The standard InChI is InChI=1S/C11H13N3OS/c1-9(8-14-6-3-5-12-14)13-11(15)10-4-2-7-16-10/h2-7,9H,8H2,1H3,(H,13,15)/t9-/m0/s1. The molecular formula is C11H13N3OS. The Bertz CT molecular complexity index is 436. The fourth-order valence-corrected chi connectivity index (χ4v) is 2.06. The summed E-state index contributed by atoms with van der Waals surface area (Å²) in [5.74, 6) is -0.0188.